The van der Waals surface area contributed by atoms with Crippen LogP contribution in [0.1, 0.15) is 39.3 Å². The lowest BCUT2D eigenvalue weighted by Crippen LogP contribution is -2.38. The van der Waals surface area contributed by atoms with E-state index >= 15 is 0 Å². The Kier molecular flexibility index (Phi) is 4.55. The van der Waals surface area contributed by atoms with Crippen LogP contribution in [0.3, 0.4) is 0 Å². The van der Waals surface area contributed by atoms with Crippen molar-refractivity contribution in [3.63, 3.8) is 0 Å². The van der Waals surface area contributed by atoms with E-state index in [4.69, 9.17) is 4.42 Å². The molecule has 0 saturated heterocycles. The number of benzene rings is 2. The average molecular weight is 416 g/mol. The molecule has 30 heavy (non-hydrogen) atoms. The molecule has 0 N–H and O–H groups in total. The van der Waals surface area contributed by atoms with Crippen LogP contribution in [0.25, 0.3) is 22.3 Å². The number of carbonyl (C=O) groups excluding carboxylic acids is 1. The number of para-hydroxylation sites is 1. The molecule has 2 aromatic carbocycles. The lowest BCUT2D eigenvalue weighted by atomic mass is 9.99. The molecule has 0 fully saturated rings. The number of hydrogen-bond donors (Lipinski definition) is 0. The number of rotatable bonds is 2. The molecule has 4 nitrogen and oxygen atoms in total. The largest absolute Gasteiger partial charge is 0.455 e. The predicted octanol–water partition coefficient (Wildman–Crippen LogP) is 5.59. The van der Waals surface area contributed by atoms with E-state index in [0.717, 1.165) is 12.0 Å². The highest BCUT2D eigenvalue weighted by molar-refractivity contribution is 7.10. The van der Waals surface area contributed by atoms with Crippen molar-refractivity contribution in [2.45, 2.75) is 26.3 Å². The van der Waals surface area contributed by atoms with Crippen LogP contribution < -0.4 is 5.43 Å². The minimum absolute atomic E-state index is 0.00600. The second-order valence-electron chi connectivity index (χ2n) is 7.66. The van der Waals surface area contributed by atoms with E-state index in [-0.39, 0.29) is 17.4 Å². The molecule has 1 aliphatic heterocycles. The van der Waals surface area contributed by atoms with Gasteiger partial charge in [-0.15, -0.1) is 11.3 Å². The van der Waals surface area contributed by atoms with Crippen molar-refractivity contribution >= 4 is 28.2 Å². The summed E-state index contributed by atoms with van der Waals surface area (Å²) in [5.41, 5.74) is 3.28. The highest BCUT2D eigenvalue weighted by Gasteiger charge is 2.30. The quantitative estimate of drug-likeness (QED) is 0.429. The minimum atomic E-state index is -0.101. The van der Waals surface area contributed by atoms with E-state index < -0.39 is 0 Å². The number of fused-ring (bicyclic) bond motifs is 2. The van der Waals surface area contributed by atoms with Gasteiger partial charge in [-0.1, -0.05) is 36.4 Å². The van der Waals surface area contributed by atoms with E-state index in [1.165, 1.54) is 10.4 Å². The van der Waals surface area contributed by atoms with Gasteiger partial charge in [0.2, 0.25) is 0 Å². The number of hydrogen-bond acceptors (Lipinski definition) is 4. The van der Waals surface area contributed by atoms with Gasteiger partial charge in [-0.25, -0.2) is 0 Å². The lowest BCUT2D eigenvalue weighted by molar-refractivity contribution is 0.0680. The maximum Gasteiger partial charge on any atom is 0.258 e. The third-order valence-corrected chi connectivity index (χ3v) is 6.95. The molecule has 0 saturated carbocycles. The van der Waals surface area contributed by atoms with Gasteiger partial charge in [0.25, 0.3) is 5.91 Å². The molecular formula is C25H21NO3S. The molecule has 1 unspecified atom stereocenters. The molecule has 2 aromatic heterocycles. The normalized spacial score (nSPS) is 15.9. The average Bonchev–Trinajstić information content (AvgIpc) is 3.26. The first-order chi connectivity index (χ1) is 14.6. The van der Waals surface area contributed by atoms with Crippen LogP contribution in [0.5, 0.6) is 0 Å². The van der Waals surface area contributed by atoms with E-state index in [1.54, 1.807) is 36.5 Å². The van der Waals surface area contributed by atoms with Crippen molar-refractivity contribution in [2.24, 2.45) is 0 Å². The Morgan fingerprint density at radius 1 is 1.10 bits per heavy atom. The topological polar surface area (TPSA) is 50.5 Å². The molecule has 3 heterocycles. The van der Waals surface area contributed by atoms with Gasteiger partial charge in [0, 0.05) is 22.5 Å². The van der Waals surface area contributed by atoms with Gasteiger partial charge in [-0.2, -0.15) is 0 Å². The molecule has 0 radical (unpaired) electrons. The Morgan fingerprint density at radius 3 is 2.70 bits per heavy atom. The van der Waals surface area contributed by atoms with Gasteiger partial charge in [-0.05, 0) is 49.4 Å². The van der Waals surface area contributed by atoms with Crippen LogP contribution in [-0.2, 0) is 6.42 Å². The van der Waals surface area contributed by atoms with Crippen LogP contribution in [0.2, 0.25) is 0 Å². The maximum absolute atomic E-state index is 13.6. The van der Waals surface area contributed by atoms with Crippen molar-refractivity contribution in [3.8, 4) is 11.3 Å². The molecule has 0 spiro atoms. The van der Waals surface area contributed by atoms with Crippen molar-refractivity contribution in [1.29, 1.82) is 0 Å². The fourth-order valence-electron chi connectivity index (χ4n) is 4.28. The van der Waals surface area contributed by atoms with E-state index in [2.05, 4.69) is 18.4 Å². The van der Waals surface area contributed by atoms with Crippen LogP contribution in [0.4, 0.5) is 0 Å². The molecular weight excluding hydrogens is 394 g/mol. The molecule has 5 rings (SSSR count). The highest BCUT2D eigenvalue weighted by atomic mass is 32.1. The summed E-state index contributed by atoms with van der Waals surface area (Å²) in [6.07, 6.45) is 0.853. The van der Waals surface area contributed by atoms with E-state index in [1.807, 2.05) is 35.2 Å². The Balaban J connectivity index is 1.66. The first-order valence-electron chi connectivity index (χ1n) is 10.1. The predicted molar refractivity (Wildman–Crippen MR) is 120 cm³/mol. The van der Waals surface area contributed by atoms with Gasteiger partial charge in [0.1, 0.15) is 5.76 Å². The first kappa shape index (κ1) is 18.8. The van der Waals surface area contributed by atoms with Crippen molar-refractivity contribution in [2.75, 3.05) is 6.54 Å². The Labute approximate surface area is 178 Å². The molecule has 0 aliphatic carbocycles. The molecule has 150 valence electrons. The van der Waals surface area contributed by atoms with E-state index in [9.17, 15) is 9.59 Å². The molecule has 4 aromatic rings. The molecule has 1 aliphatic rings. The van der Waals surface area contributed by atoms with Gasteiger partial charge in [0.15, 0.2) is 11.0 Å². The van der Waals surface area contributed by atoms with Crippen LogP contribution in [0, 0.1) is 6.92 Å². The summed E-state index contributed by atoms with van der Waals surface area (Å²) in [4.78, 5) is 29.9. The Hall–Kier alpha value is -3.18. The minimum Gasteiger partial charge on any atom is -0.455 e. The van der Waals surface area contributed by atoms with Crippen molar-refractivity contribution in [1.82, 2.24) is 4.90 Å². The number of thiophene rings is 1. The van der Waals surface area contributed by atoms with Crippen LogP contribution in [-0.4, -0.2) is 17.4 Å². The lowest BCUT2D eigenvalue weighted by Gasteiger charge is -2.33. The number of carbonyl (C=O) groups is 1. The second kappa shape index (κ2) is 7.26. The molecule has 5 heteroatoms. The van der Waals surface area contributed by atoms with Crippen LogP contribution >= 0.6 is 11.3 Å². The summed E-state index contributed by atoms with van der Waals surface area (Å²) in [7, 11) is 0. The maximum atomic E-state index is 13.6. The van der Waals surface area contributed by atoms with E-state index in [0.29, 0.717) is 34.4 Å². The monoisotopic (exact) mass is 415 g/mol. The highest BCUT2D eigenvalue weighted by Crippen LogP contribution is 2.35. The van der Waals surface area contributed by atoms with Gasteiger partial charge in [-0.3, -0.25) is 9.59 Å². The first-order valence-corrected chi connectivity index (χ1v) is 10.9. The van der Waals surface area contributed by atoms with Crippen LogP contribution in [0.15, 0.2) is 69.2 Å². The standard InChI is InChI=1S/C25H21NO3S/c1-15-22(27)19-9-6-10-20(24(19)29-23(15)17-7-4-3-5-8-17)25(28)26-13-11-21-18(16(26)2)12-14-30-21/h3-10,12,14,16H,11,13H2,1-2H3. The SMILES string of the molecule is Cc1c(-c2ccccc2)oc2c(C(=O)N3CCc4sccc4C3C)cccc2c1=O. The number of amides is 1. The zero-order valence-electron chi connectivity index (χ0n) is 16.8. The summed E-state index contributed by atoms with van der Waals surface area (Å²) in [5, 5.41) is 2.53. The molecule has 1 amide bonds. The summed E-state index contributed by atoms with van der Waals surface area (Å²) in [6, 6.07) is 16.9. The second-order valence-corrected chi connectivity index (χ2v) is 8.66. The molecule has 1 atom stereocenters. The fraction of sp³-hybridized carbons (Fsp3) is 0.200. The number of nitrogens with zero attached hydrogens (tertiary/aromatic N) is 1. The third-order valence-electron chi connectivity index (χ3n) is 5.95. The van der Waals surface area contributed by atoms with Gasteiger partial charge < -0.3 is 9.32 Å². The Morgan fingerprint density at radius 2 is 1.90 bits per heavy atom. The summed E-state index contributed by atoms with van der Waals surface area (Å²) < 4.78 is 6.25. The van der Waals surface area contributed by atoms with Gasteiger partial charge >= 0.3 is 0 Å². The smallest absolute Gasteiger partial charge is 0.258 e. The van der Waals surface area contributed by atoms with Crippen molar-refractivity contribution in [3.05, 3.63) is 91.8 Å². The van der Waals surface area contributed by atoms with Crippen molar-refractivity contribution < 1.29 is 9.21 Å². The van der Waals surface area contributed by atoms with Gasteiger partial charge in [0.05, 0.1) is 17.0 Å². The fourth-order valence-corrected chi connectivity index (χ4v) is 5.25. The summed E-state index contributed by atoms with van der Waals surface area (Å²) in [5.74, 6) is 0.413. The third kappa shape index (κ3) is 2.89. The zero-order chi connectivity index (χ0) is 20.8. The summed E-state index contributed by atoms with van der Waals surface area (Å²) >= 11 is 1.75. The molecule has 0 bridgehead atoms. The zero-order valence-corrected chi connectivity index (χ0v) is 17.7. The Bertz CT molecular complexity index is 1320. The summed E-state index contributed by atoms with van der Waals surface area (Å²) in [6.45, 7) is 4.49.